The molecular formula is C14H25N3O2. The SMILES string of the molecule is CC(O)CC(C)CNC(=O)c1cc(C(C)C)nn1C. The van der Waals surface area contributed by atoms with E-state index in [1.54, 1.807) is 18.7 Å². The number of nitrogens with zero attached hydrogens (tertiary/aromatic N) is 2. The first-order chi connectivity index (χ1) is 8.81. The summed E-state index contributed by atoms with van der Waals surface area (Å²) in [6.45, 7) is 8.43. The van der Waals surface area contributed by atoms with E-state index < -0.39 is 0 Å². The van der Waals surface area contributed by atoms with Crippen LogP contribution in [0.2, 0.25) is 0 Å². The third kappa shape index (κ3) is 4.67. The van der Waals surface area contributed by atoms with Crippen LogP contribution in [0, 0.1) is 5.92 Å². The minimum atomic E-state index is -0.337. The van der Waals surface area contributed by atoms with Crippen molar-refractivity contribution in [2.75, 3.05) is 6.54 Å². The zero-order chi connectivity index (χ0) is 14.6. The first-order valence-corrected chi connectivity index (χ1v) is 6.81. The molecule has 0 radical (unpaired) electrons. The van der Waals surface area contributed by atoms with E-state index in [2.05, 4.69) is 24.3 Å². The van der Waals surface area contributed by atoms with E-state index in [-0.39, 0.29) is 17.9 Å². The second-order valence-electron chi connectivity index (χ2n) is 5.63. The molecule has 0 aliphatic rings. The summed E-state index contributed by atoms with van der Waals surface area (Å²) < 4.78 is 1.62. The Balaban J connectivity index is 2.58. The molecule has 0 aliphatic carbocycles. The van der Waals surface area contributed by atoms with Gasteiger partial charge < -0.3 is 10.4 Å². The van der Waals surface area contributed by atoms with E-state index in [9.17, 15) is 9.90 Å². The smallest absolute Gasteiger partial charge is 0.269 e. The summed E-state index contributed by atoms with van der Waals surface area (Å²) in [5.41, 5.74) is 1.50. The van der Waals surface area contributed by atoms with Gasteiger partial charge in [-0.1, -0.05) is 20.8 Å². The second-order valence-corrected chi connectivity index (χ2v) is 5.63. The van der Waals surface area contributed by atoms with Crippen LogP contribution in [-0.2, 0) is 7.05 Å². The van der Waals surface area contributed by atoms with Gasteiger partial charge in [0.15, 0.2) is 0 Å². The predicted molar refractivity (Wildman–Crippen MR) is 75.1 cm³/mol. The van der Waals surface area contributed by atoms with Crippen LogP contribution in [-0.4, -0.2) is 33.4 Å². The Morgan fingerprint density at radius 1 is 1.42 bits per heavy atom. The monoisotopic (exact) mass is 267 g/mol. The fraction of sp³-hybridized carbons (Fsp3) is 0.714. The van der Waals surface area contributed by atoms with Gasteiger partial charge in [-0.05, 0) is 31.2 Å². The molecule has 1 aromatic rings. The van der Waals surface area contributed by atoms with E-state index in [0.29, 0.717) is 24.6 Å². The number of hydrogen-bond acceptors (Lipinski definition) is 3. The quantitative estimate of drug-likeness (QED) is 0.824. The molecule has 5 heteroatoms. The van der Waals surface area contributed by atoms with Gasteiger partial charge in [-0.15, -0.1) is 0 Å². The number of carbonyl (C=O) groups is 1. The Hall–Kier alpha value is -1.36. The van der Waals surface area contributed by atoms with E-state index >= 15 is 0 Å². The van der Waals surface area contributed by atoms with Crippen LogP contribution in [0.4, 0.5) is 0 Å². The molecule has 0 fully saturated rings. The van der Waals surface area contributed by atoms with Gasteiger partial charge in [-0.25, -0.2) is 0 Å². The van der Waals surface area contributed by atoms with Crippen LogP contribution in [0.3, 0.4) is 0 Å². The first-order valence-electron chi connectivity index (χ1n) is 6.81. The molecule has 19 heavy (non-hydrogen) atoms. The van der Waals surface area contributed by atoms with Crippen LogP contribution in [0.5, 0.6) is 0 Å². The number of amides is 1. The maximum Gasteiger partial charge on any atom is 0.269 e. The Kier molecular flexibility index (Phi) is 5.54. The van der Waals surface area contributed by atoms with Crippen molar-refractivity contribution in [1.82, 2.24) is 15.1 Å². The molecule has 0 saturated heterocycles. The Morgan fingerprint density at radius 3 is 2.53 bits per heavy atom. The minimum Gasteiger partial charge on any atom is -0.393 e. The third-order valence-corrected chi connectivity index (χ3v) is 3.08. The number of aryl methyl sites for hydroxylation is 1. The largest absolute Gasteiger partial charge is 0.393 e. The van der Waals surface area contributed by atoms with Crippen molar-refractivity contribution in [2.45, 2.75) is 46.1 Å². The highest BCUT2D eigenvalue weighted by Gasteiger charge is 2.15. The standard InChI is InChI=1S/C14H25N3O2/c1-9(2)12-7-13(17(5)16-12)14(19)15-8-10(3)6-11(4)18/h7,9-11,18H,6,8H2,1-5H3,(H,15,19). The van der Waals surface area contributed by atoms with Crippen molar-refractivity contribution >= 4 is 5.91 Å². The van der Waals surface area contributed by atoms with Gasteiger partial charge in [-0.3, -0.25) is 9.48 Å². The van der Waals surface area contributed by atoms with Gasteiger partial charge in [0.05, 0.1) is 11.8 Å². The number of aromatic nitrogens is 2. The van der Waals surface area contributed by atoms with Gasteiger partial charge >= 0.3 is 0 Å². The van der Waals surface area contributed by atoms with Gasteiger partial charge in [0.25, 0.3) is 5.91 Å². The van der Waals surface area contributed by atoms with Gasteiger partial charge in [0.1, 0.15) is 5.69 Å². The maximum atomic E-state index is 12.1. The summed E-state index contributed by atoms with van der Waals surface area (Å²) in [5.74, 6) is 0.447. The number of aliphatic hydroxyl groups is 1. The van der Waals surface area contributed by atoms with Crippen molar-refractivity contribution in [3.05, 3.63) is 17.5 Å². The summed E-state index contributed by atoms with van der Waals surface area (Å²) in [6.07, 6.45) is 0.347. The maximum absolute atomic E-state index is 12.1. The van der Waals surface area contributed by atoms with E-state index in [1.807, 2.05) is 13.0 Å². The molecule has 1 amide bonds. The molecular weight excluding hydrogens is 242 g/mol. The highest BCUT2D eigenvalue weighted by molar-refractivity contribution is 5.92. The van der Waals surface area contributed by atoms with E-state index in [0.717, 1.165) is 5.69 Å². The summed E-state index contributed by atoms with van der Waals surface area (Å²) in [6, 6.07) is 1.83. The summed E-state index contributed by atoms with van der Waals surface area (Å²) in [5, 5.41) is 16.5. The second kappa shape index (κ2) is 6.70. The highest BCUT2D eigenvalue weighted by Crippen LogP contribution is 2.13. The molecule has 1 aromatic heterocycles. The molecule has 0 aliphatic heterocycles. The van der Waals surface area contributed by atoms with Crippen molar-refractivity contribution in [3.63, 3.8) is 0 Å². The Labute approximate surface area is 115 Å². The average Bonchev–Trinajstić information content (AvgIpc) is 2.67. The zero-order valence-corrected chi connectivity index (χ0v) is 12.5. The summed E-state index contributed by atoms with van der Waals surface area (Å²) in [7, 11) is 1.78. The third-order valence-electron chi connectivity index (χ3n) is 3.08. The van der Waals surface area contributed by atoms with E-state index in [4.69, 9.17) is 0 Å². The fourth-order valence-corrected chi connectivity index (χ4v) is 2.01. The molecule has 0 aromatic carbocycles. The molecule has 5 nitrogen and oxygen atoms in total. The van der Waals surface area contributed by atoms with Crippen LogP contribution < -0.4 is 5.32 Å². The minimum absolute atomic E-state index is 0.112. The van der Waals surface area contributed by atoms with Gasteiger partial charge in [0, 0.05) is 13.6 Å². The summed E-state index contributed by atoms with van der Waals surface area (Å²) >= 11 is 0. The number of rotatable bonds is 6. The van der Waals surface area contributed by atoms with Gasteiger partial charge in [0.2, 0.25) is 0 Å². The molecule has 0 saturated carbocycles. The zero-order valence-electron chi connectivity index (χ0n) is 12.5. The normalized spacial score (nSPS) is 14.5. The van der Waals surface area contributed by atoms with E-state index in [1.165, 1.54) is 0 Å². The molecule has 108 valence electrons. The molecule has 2 atom stereocenters. The molecule has 0 bridgehead atoms. The average molecular weight is 267 g/mol. The first kappa shape index (κ1) is 15.7. The fourth-order valence-electron chi connectivity index (χ4n) is 2.01. The van der Waals surface area contributed by atoms with Crippen molar-refractivity contribution < 1.29 is 9.90 Å². The molecule has 1 heterocycles. The summed E-state index contributed by atoms with van der Waals surface area (Å²) in [4.78, 5) is 12.1. The van der Waals surface area contributed by atoms with Crippen molar-refractivity contribution in [1.29, 1.82) is 0 Å². The van der Waals surface area contributed by atoms with Crippen LogP contribution in [0.15, 0.2) is 6.07 Å². The van der Waals surface area contributed by atoms with Crippen LogP contribution >= 0.6 is 0 Å². The number of carbonyl (C=O) groups excluding carboxylic acids is 1. The Bertz CT molecular complexity index is 424. The predicted octanol–water partition coefficient (Wildman–Crippen LogP) is 1.68. The molecule has 0 spiro atoms. The highest BCUT2D eigenvalue weighted by atomic mass is 16.3. The Morgan fingerprint density at radius 2 is 2.05 bits per heavy atom. The van der Waals surface area contributed by atoms with Crippen molar-refractivity contribution in [2.24, 2.45) is 13.0 Å². The van der Waals surface area contributed by atoms with Crippen LogP contribution in [0.1, 0.15) is 56.2 Å². The lowest BCUT2D eigenvalue weighted by atomic mass is 10.0. The lowest BCUT2D eigenvalue weighted by Gasteiger charge is -2.14. The van der Waals surface area contributed by atoms with Gasteiger partial charge in [-0.2, -0.15) is 5.10 Å². The lowest BCUT2D eigenvalue weighted by Crippen LogP contribution is -2.30. The lowest BCUT2D eigenvalue weighted by molar-refractivity contribution is 0.0930. The molecule has 2 unspecified atom stereocenters. The number of hydrogen-bond donors (Lipinski definition) is 2. The number of aliphatic hydroxyl groups excluding tert-OH is 1. The number of nitrogens with one attached hydrogen (secondary N) is 1. The van der Waals surface area contributed by atoms with Crippen molar-refractivity contribution in [3.8, 4) is 0 Å². The van der Waals surface area contributed by atoms with Crippen LogP contribution in [0.25, 0.3) is 0 Å². The topological polar surface area (TPSA) is 67.2 Å². The molecule has 1 rings (SSSR count). The molecule has 2 N–H and O–H groups in total.